The van der Waals surface area contributed by atoms with Crippen LogP contribution >= 0.6 is 0 Å². The van der Waals surface area contributed by atoms with Crippen LogP contribution in [0.3, 0.4) is 0 Å². The quantitative estimate of drug-likeness (QED) is 0.0874. The van der Waals surface area contributed by atoms with Gasteiger partial charge < -0.3 is 37.9 Å². The van der Waals surface area contributed by atoms with Gasteiger partial charge in [-0.05, 0) is 41.7 Å². The third kappa shape index (κ3) is 11.5. The molecule has 10 atom stereocenters. The summed E-state index contributed by atoms with van der Waals surface area (Å²) in [6.45, 7) is 8.41. The molecule has 0 radical (unpaired) electrons. The zero-order valence-corrected chi connectivity index (χ0v) is 33.2. The molecule has 2 saturated heterocycles. The predicted molar refractivity (Wildman–Crippen MR) is 219 cm³/mol. The fourth-order valence-electron chi connectivity index (χ4n) is 7.58. The van der Waals surface area contributed by atoms with Crippen LogP contribution in [-0.2, 0) is 70.9 Å². The van der Waals surface area contributed by atoms with Crippen LogP contribution < -0.4 is 0 Å². The van der Waals surface area contributed by atoms with Crippen LogP contribution in [0.4, 0.5) is 0 Å². The van der Waals surface area contributed by atoms with Crippen LogP contribution in [0, 0.1) is 5.92 Å². The minimum absolute atomic E-state index is 0.0242. The topological polar surface area (TPSA) is 73.8 Å². The Balaban J connectivity index is 1.23. The van der Waals surface area contributed by atoms with Crippen LogP contribution in [0.2, 0.25) is 0 Å². The summed E-state index contributed by atoms with van der Waals surface area (Å²) in [5, 5.41) is 0. The zero-order valence-electron chi connectivity index (χ0n) is 33.2. The molecule has 0 N–H and O–H groups in total. The highest BCUT2D eigenvalue weighted by Crippen LogP contribution is 2.37. The Hall–Kier alpha value is -4.22. The van der Waals surface area contributed by atoms with E-state index in [4.69, 9.17) is 37.9 Å². The van der Waals surface area contributed by atoms with E-state index in [0.29, 0.717) is 33.0 Å². The van der Waals surface area contributed by atoms with Gasteiger partial charge in [0.2, 0.25) is 0 Å². The molecule has 2 heterocycles. The normalized spacial score (nSPS) is 27.6. The fourth-order valence-corrected chi connectivity index (χ4v) is 7.58. The van der Waals surface area contributed by atoms with Crippen molar-refractivity contribution in [1.82, 2.24) is 0 Å². The van der Waals surface area contributed by atoms with Gasteiger partial charge in [-0.25, -0.2) is 0 Å². The van der Waals surface area contributed by atoms with Gasteiger partial charge >= 0.3 is 0 Å². The van der Waals surface area contributed by atoms with E-state index in [2.05, 4.69) is 81.4 Å². The van der Waals surface area contributed by atoms with Gasteiger partial charge in [0.1, 0.15) is 30.5 Å². The van der Waals surface area contributed by atoms with E-state index >= 15 is 0 Å². The summed E-state index contributed by atoms with van der Waals surface area (Å²) in [6.07, 6.45) is -4.34. The Labute approximate surface area is 337 Å². The van der Waals surface area contributed by atoms with E-state index in [0.717, 1.165) is 27.8 Å². The van der Waals surface area contributed by atoms with E-state index in [1.165, 1.54) is 0 Å². The van der Waals surface area contributed by atoms with E-state index in [1.807, 2.05) is 91.0 Å². The van der Waals surface area contributed by atoms with E-state index in [1.54, 1.807) is 0 Å². The largest absolute Gasteiger partial charge is 0.374 e. The molecule has 2 aliphatic rings. The molecule has 0 saturated carbocycles. The summed E-state index contributed by atoms with van der Waals surface area (Å²) < 4.78 is 54.6. The van der Waals surface area contributed by atoms with Crippen molar-refractivity contribution in [3.05, 3.63) is 179 Å². The molecule has 8 heteroatoms. The van der Waals surface area contributed by atoms with Gasteiger partial charge in [-0.3, -0.25) is 0 Å². The van der Waals surface area contributed by atoms with Crippen LogP contribution in [0.25, 0.3) is 0 Å². The maximum Gasteiger partial charge on any atom is 0.187 e. The highest BCUT2D eigenvalue weighted by molar-refractivity contribution is 5.17. The molecular formula is C49H56O8. The molecule has 57 heavy (non-hydrogen) atoms. The first-order valence-corrected chi connectivity index (χ1v) is 20.2. The van der Waals surface area contributed by atoms with Crippen LogP contribution in [-0.4, -0.2) is 61.7 Å². The fraction of sp³-hybridized carbons (Fsp3) is 0.388. The molecule has 2 fully saturated rings. The second-order valence-corrected chi connectivity index (χ2v) is 15.1. The van der Waals surface area contributed by atoms with Crippen molar-refractivity contribution in [2.45, 2.75) is 109 Å². The average Bonchev–Trinajstić information content (AvgIpc) is 3.25. The number of rotatable bonds is 18. The maximum absolute atomic E-state index is 7.23. The molecular weight excluding hydrogens is 717 g/mol. The van der Waals surface area contributed by atoms with E-state index in [-0.39, 0.29) is 36.9 Å². The Morgan fingerprint density at radius 2 is 0.772 bits per heavy atom. The van der Waals surface area contributed by atoms with Crippen molar-refractivity contribution in [3.63, 3.8) is 0 Å². The summed E-state index contributed by atoms with van der Waals surface area (Å²) in [5.41, 5.74) is 5.26. The Bertz CT molecular complexity index is 1850. The SMILES string of the molecule is CC1O[C@@H](C)C(C)[C@H](O[C@H]2O[C@H](COCc3ccccc3)[C@@H](OCc3ccccc3)C(OCc3ccccc3)C2OCc2ccccc2)[C@H]1OCc1ccccc1. The lowest BCUT2D eigenvalue weighted by Gasteiger charge is -2.49. The minimum Gasteiger partial charge on any atom is -0.374 e. The number of ether oxygens (including phenoxy) is 8. The second-order valence-electron chi connectivity index (χ2n) is 15.1. The molecule has 4 unspecified atom stereocenters. The van der Waals surface area contributed by atoms with Crippen molar-refractivity contribution >= 4 is 0 Å². The summed E-state index contributed by atoms with van der Waals surface area (Å²) in [6, 6.07) is 50.8. The smallest absolute Gasteiger partial charge is 0.187 e. The second kappa shape index (κ2) is 21.0. The van der Waals surface area contributed by atoms with Crippen molar-refractivity contribution in [3.8, 4) is 0 Å². The average molecular weight is 773 g/mol. The van der Waals surface area contributed by atoms with Gasteiger partial charge in [-0.15, -0.1) is 0 Å². The molecule has 0 aliphatic carbocycles. The monoisotopic (exact) mass is 772 g/mol. The van der Waals surface area contributed by atoms with E-state index in [9.17, 15) is 0 Å². The van der Waals surface area contributed by atoms with Crippen molar-refractivity contribution < 1.29 is 37.9 Å². The van der Waals surface area contributed by atoms with Crippen LogP contribution in [0.5, 0.6) is 0 Å². The molecule has 5 aromatic carbocycles. The molecule has 8 nitrogen and oxygen atoms in total. The lowest BCUT2D eigenvalue weighted by molar-refractivity contribution is -0.354. The molecule has 2 aliphatic heterocycles. The highest BCUT2D eigenvalue weighted by Gasteiger charge is 2.52. The minimum atomic E-state index is -0.857. The molecule has 0 bridgehead atoms. The van der Waals surface area contributed by atoms with Gasteiger partial charge in [0.05, 0.1) is 58.0 Å². The van der Waals surface area contributed by atoms with Crippen molar-refractivity contribution in [2.24, 2.45) is 5.92 Å². The van der Waals surface area contributed by atoms with Crippen molar-refractivity contribution in [1.29, 1.82) is 0 Å². The standard InChI is InChI=1S/C49H56O8/c1-35-36(2)55-37(3)45(51-30-39-21-11-5-12-22-39)44(35)57-49-48(54-33-42-27-17-8-18-28-42)47(53-32-41-25-15-7-16-26-41)46(52-31-40-23-13-6-14-24-40)43(56-49)34-50-29-38-19-9-4-10-20-38/h4-28,35-37,43-49H,29-34H2,1-3H3/t35?,36-,37?,43+,44-,45-,46+,47?,48?,49+/m0/s1. The number of hydrogen-bond donors (Lipinski definition) is 0. The Morgan fingerprint density at radius 1 is 0.386 bits per heavy atom. The number of hydrogen-bond acceptors (Lipinski definition) is 8. The summed E-state index contributed by atoms with van der Waals surface area (Å²) in [7, 11) is 0. The van der Waals surface area contributed by atoms with Gasteiger partial charge in [-0.1, -0.05) is 159 Å². The maximum atomic E-state index is 7.23. The summed E-state index contributed by atoms with van der Waals surface area (Å²) in [4.78, 5) is 0. The van der Waals surface area contributed by atoms with Gasteiger partial charge in [0.25, 0.3) is 0 Å². The highest BCUT2D eigenvalue weighted by atomic mass is 16.7. The van der Waals surface area contributed by atoms with Gasteiger partial charge in [-0.2, -0.15) is 0 Å². The third-order valence-electron chi connectivity index (χ3n) is 10.9. The number of benzene rings is 5. The lowest BCUT2D eigenvalue weighted by Crippen LogP contribution is -2.64. The molecule has 300 valence electrons. The van der Waals surface area contributed by atoms with Crippen LogP contribution in [0.15, 0.2) is 152 Å². The molecule has 0 amide bonds. The molecule has 5 aromatic rings. The van der Waals surface area contributed by atoms with Crippen LogP contribution in [0.1, 0.15) is 48.6 Å². The molecule has 0 spiro atoms. The zero-order chi connectivity index (χ0) is 39.2. The third-order valence-corrected chi connectivity index (χ3v) is 10.9. The first kappa shape index (κ1) is 41.0. The lowest BCUT2D eigenvalue weighted by atomic mass is 9.88. The molecule has 0 aromatic heterocycles. The first-order chi connectivity index (χ1) is 28.0. The molecule has 7 rings (SSSR count). The Kier molecular flexibility index (Phi) is 15.1. The van der Waals surface area contributed by atoms with Gasteiger partial charge in [0.15, 0.2) is 6.29 Å². The van der Waals surface area contributed by atoms with Gasteiger partial charge in [0, 0.05) is 5.92 Å². The Morgan fingerprint density at radius 3 is 1.23 bits per heavy atom. The van der Waals surface area contributed by atoms with Crippen molar-refractivity contribution in [2.75, 3.05) is 6.61 Å². The summed E-state index contributed by atoms with van der Waals surface area (Å²) in [5.74, 6) is -0.0242. The van der Waals surface area contributed by atoms with E-state index < -0.39 is 30.7 Å². The first-order valence-electron chi connectivity index (χ1n) is 20.2. The predicted octanol–water partition coefficient (Wildman–Crippen LogP) is 9.10. The summed E-state index contributed by atoms with van der Waals surface area (Å²) >= 11 is 0.